The molecule has 8 heteroatoms. The average molecular weight is 346 g/mol. The van der Waals surface area contributed by atoms with E-state index in [9.17, 15) is 4.79 Å². The molecule has 1 aromatic heterocycles. The van der Waals surface area contributed by atoms with Gasteiger partial charge in [-0.1, -0.05) is 25.1 Å². The van der Waals surface area contributed by atoms with Crippen molar-refractivity contribution in [3.05, 3.63) is 35.5 Å². The molecule has 2 aromatic rings. The van der Waals surface area contributed by atoms with Crippen molar-refractivity contribution in [3.63, 3.8) is 0 Å². The highest BCUT2D eigenvalue weighted by Crippen LogP contribution is 2.25. The number of aryl methyl sites for hydroxylation is 2. The fraction of sp³-hybridized carbons (Fsp3) is 0.353. The number of carboxylic acid groups (broad SMARTS) is 1. The number of aliphatic carboxylic acids is 1. The average Bonchev–Trinajstić information content (AvgIpc) is 2.58. The molecule has 0 aliphatic rings. The van der Waals surface area contributed by atoms with Gasteiger partial charge in [-0.25, -0.2) is 4.98 Å². The van der Waals surface area contributed by atoms with Crippen LogP contribution in [0.5, 0.6) is 11.5 Å². The number of aromatic nitrogens is 2. The van der Waals surface area contributed by atoms with Gasteiger partial charge in [-0.05, 0) is 24.5 Å². The SMILES string of the molecule is CCc1nc(N)nc(N)c1OCCOc1ccccc1CCC(=O)O. The molecule has 0 amide bonds. The van der Waals surface area contributed by atoms with Crippen LogP contribution >= 0.6 is 0 Å². The van der Waals surface area contributed by atoms with E-state index in [1.165, 1.54) is 0 Å². The van der Waals surface area contributed by atoms with Gasteiger partial charge in [0, 0.05) is 6.42 Å². The molecule has 2 rings (SSSR count). The van der Waals surface area contributed by atoms with E-state index in [2.05, 4.69) is 9.97 Å². The van der Waals surface area contributed by atoms with Gasteiger partial charge in [-0.2, -0.15) is 4.98 Å². The van der Waals surface area contributed by atoms with Crippen molar-refractivity contribution in [2.45, 2.75) is 26.2 Å². The molecule has 0 aliphatic carbocycles. The maximum absolute atomic E-state index is 10.7. The molecule has 1 aromatic carbocycles. The van der Waals surface area contributed by atoms with Crippen LogP contribution in [0.3, 0.4) is 0 Å². The molecule has 1 heterocycles. The first-order valence-electron chi connectivity index (χ1n) is 7.98. The Morgan fingerprint density at radius 2 is 1.88 bits per heavy atom. The molecule has 0 aliphatic heterocycles. The highest BCUT2D eigenvalue weighted by Gasteiger charge is 2.12. The Bertz CT molecular complexity index is 737. The van der Waals surface area contributed by atoms with Crippen LogP contribution in [0.25, 0.3) is 0 Å². The van der Waals surface area contributed by atoms with Crippen LogP contribution in [0.15, 0.2) is 24.3 Å². The quantitative estimate of drug-likeness (QED) is 0.584. The number of hydrogen-bond donors (Lipinski definition) is 3. The van der Waals surface area contributed by atoms with E-state index < -0.39 is 5.97 Å². The van der Waals surface area contributed by atoms with Crippen molar-refractivity contribution in [1.82, 2.24) is 9.97 Å². The van der Waals surface area contributed by atoms with Crippen LogP contribution in [0.4, 0.5) is 11.8 Å². The third-order valence-electron chi connectivity index (χ3n) is 3.48. The third-order valence-corrected chi connectivity index (χ3v) is 3.48. The summed E-state index contributed by atoms with van der Waals surface area (Å²) in [7, 11) is 0. The Hall–Kier alpha value is -3.03. The van der Waals surface area contributed by atoms with E-state index >= 15 is 0 Å². The second-order valence-electron chi connectivity index (χ2n) is 5.29. The number of nitrogen functional groups attached to an aromatic ring is 2. The van der Waals surface area contributed by atoms with Crippen LogP contribution < -0.4 is 20.9 Å². The smallest absolute Gasteiger partial charge is 0.303 e. The number of hydrogen-bond acceptors (Lipinski definition) is 7. The van der Waals surface area contributed by atoms with E-state index in [1.807, 2.05) is 25.1 Å². The molecule has 0 bridgehead atoms. The number of carbonyl (C=O) groups is 1. The number of nitrogens with zero attached hydrogens (tertiary/aromatic N) is 2. The molecule has 5 N–H and O–H groups in total. The summed E-state index contributed by atoms with van der Waals surface area (Å²) in [6.45, 7) is 2.44. The third kappa shape index (κ3) is 5.23. The number of carboxylic acids is 1. The molecule has 8 nitrogen and oxygen atoms in total. The second-order valence-corrected chi connectivity index (χ2v) is 5.29. The van der Waals surface area contributed by atoms with Gasteiger partial charge in [0.2, 0.25) is 5.95 Å². The topological polar surface area (TPSA) is 134 Å². The van der Waals surface area contributed by atoms with Crippen LogP contribution in [0, 0.1) is 0 Å². The van der Waals surface area contributed by atoms with Crippen molar-refractivity contribution >= 4 is 17.7 Å². The summed E-state index contributed by atoms with van der Waals surface area (Å²) in [6, 6.07) is 7.33. The zero-order valence-corrected chi connectivity index (χ0v) is 14.1. The molecule has 0 radical (unpaired) electrons. The Morgan fingerprint density at radius 3 is 2.60 bits per heavy atom. The maximum atomic E-state index is 10.7. The van der Waals surface area contributed by atoms with E-state index in [1.54, 1.807) is 6.07 Å². The molecule has 0 spiro atoms. The van der Waals surface area contributed by atoms with E-state index in [0.717, 1.165) is 5.56 Å². The summed E-state index contributed by atoms with van der Waals surface area (Å²) >= 11 is 0. The maximum Gasteiger partial charge on any atom is 0.303 e. The Morgan fingerprint density at radius 1 is 1.16 bits per heavy atom. The first kappa shape index (κ1) is 18.3. The normalized spacial score (nSPS) is 10.4. The minimum Gasteiger partial charge on any atom is -0.490 e. The van der Waals surface area contributed by atoms with Gasteiger partial charge in [0.1, 0.15) is 19.0 Å². The largest absolute Gasteiger partial charge is 0.490 e. The zero-order chi connectivity index (χ0) is 18.2. The Balaban J connectivity index is 1.93. The van der Waals surface area contributed by atoms with Gasteiger partial charge in [-0.3, -0.25) is 4.79 Å². The Kier molecular flexibility index (Phi) is 6.39. The molecule has 0 saturated heterocycles. The lowest BCUT2D eigenvalue weighted by atomic mass is 10.1. The summed E-state index contributed by atoms with van der Waals surface area (Å²) in [6.07, 6.45) is 1.08. The monoisotopic (exact) mass is 346 g/mol. The molecule has 0 saturated carbocycles. The highest BCUT2D eigenvalue weighted by atomic mass is 16.5. The van der Waals surface area contributed by atoms with Gasteiger partial charge in [0.25, 0.3) is 0 Å². The Labute approximate surface area is 145 Å². The molecule has 134 valence electrons. The van der Waals surface area contributed by atoms with Gasteiger partial charge >= 0.3 is 5.97 Å². The lowest BCUT2D eigenvalue weighted by molar-refractivity contribution is -0.136. The predicted octanol–water partition coefficient (Wildman–Crippen LogP) is 1.68. The van der Waals surface area contributed by atoms with Crippen LogP contribution in [0.1, 0.15) is 24.6 Å². The van der Waals surface area contributed by atoms with E-state index in [4.69, 9.17) is 26.0 Å². The van der Waals surface area contributed by atoms with Gasteiger partial charge in [0.15, 0.2) is 11.6 Å². The number of nitrogens with two attached hydrogens (primary N) is 2. The van der Waals surface area contributed by atoms with Crippen molar-refractivity contribution < 1.29 is 19.4 Å². The van der Waals surface area contributed by atoms with Gasteiger partial charge < -0.3 is 26.0 Å². The summed E-state index contributed by atoms with van der Waals surface area (Å²) < 4.78 is 11.4. The second kappa shape index (κ2) is 8.72. The van der Waals surface area contributed by atoms with Crippen molar-refractivity contribution in [2.24, 2.45) is 0 Å². The molecule has 0 fully saturated rings. The molecular weight excluding hydrogens is 324 g/mol. The standard InChI is InChI=1S/C17H22N4O4/c1-2-12-15(16(18)21-17(19)20-12)25-10-9-24-13-6-4-3-5-11(13)7-8-14(22)23/h3-6H,2,7-10H2,1H3,(H,22,23)(H4,18,19,20,21). The molecule has 0 unspecified atom stereocenters. The summed E-state index contributed by atoms with van der Waals surface area (Å²) in [5, 5.41) is 8.81. The molecule has 0 atom stereocenters. The lowest BCUT2D eigenvalue weighted by Gasteiger charge is -2.14. The fourth-order valence-corrected chi connectivity index (χ4v) is 2.32. The lowest BCUT2D eigenvalue weighted by Crippen LogP contribution is -2.14. The van der Waals surface area contributed by atoms with Crippen LogP contribution in [0.2, 0.25) is 0 Å². The van der Waals surface area contributed by atoms with Gasteiger partial charge in [-0.15, -0.1) is 0 Å². The van der Waals surface area contributed by atoms with Gasteiger partial charge in [0.05, 0.1) is 5.69 Å². The summed E-state index contributed by atoms with van der Waals surface area (Å²) in [5.74, 6) is 0.532. The first-order valence-corrected chi connectivity index (χ1v) is 7.98. The zero-order valence-electron chi connectivity index (χ0n) is 14.1. The molecular formula is C17H22N4O4. The highest BCUT2D eigenvalue weighted by molar-refractivity contribution is 5.67. The molecule has 25 heavy (non-hydrogen) atoms. The van der Waals surface area contributed by atoms with E-state index in [-0.39, 0.29) is 31.4 Å². The summed E-state index contributed by atoms with van der Waals surface area (Å²) in [4.78, 5) is 18.7. The number of ether oxygens (including phenoxy) is 2. The predicted molar refractivity (Wildman–Crippen MR) is 93.6 cm³/mol. The van der Waals surface area contributed by atoms with Crippen molar-refractivity contribution in [1.29, 1.82) is 0 Å². The van der Waals surface area contributed by atoms with Crippen LogP contribution in [-0.2, 0) is 17.6 Å². The number of rotatable bonds is 9. The number of benzene rings is 1. The van der Waals surface area contributed by atoms with Crippen molar-refractivity contribution in [2.75, 3.05) is 24.7 Å². The fourth-order valence-electron chi connectivity index (χ4n) is 2.32. The summed E-state index contributed by atoms with van der Waals surface area (Å²) in [5.41, 5.74) is 12.9. The van der Waals surface area contributed by atoms with E-state index in [0.29, 0.717) is 30.0 Å². The van der Waals surface area contributed by atoms with Crippen LogP contribution in [-0.4, -0.2) is 34.3 Å². The minimum absolute atomic E-state index is 0.0516. The van der Waals surface area contributed by atoms with Crippen molar-refractivity contribution in [3.8, 4) is 11.5 Å². The minimum atomic E-state index is -0.843. The first-order chi connectivity index (χ1) is 12.0. The number of para-hydroxylation sites is 1. The number of anilines is 2.